The summed E-state index contributed by atoms with van der Waals surface area (Å²) < 4.78 is 0. The maximum absolute atomic E-state index is 11.3. The second-order valence-electron chi connectivity index (χ2n) is 5.34. The highest BCUT2D eigenvalue weighted by atomic mass is 16.4. The third-order valence-electron chi connectivity index (χ3n) is 4.16. The van der Waals surface area contributed by atoms with Gasteiger partial charge < -0.3 is 10.2 Å². The van der Waals surface area contributed by atoms with E-state index < -0.39 is 22.8 Å². The fourth-order valence-electron chi connectivity index (χ4n) is 2.77. The van der Waals surface area contributed by atoms with Crippen molar-refractivity contribution in [3.8, 4) is 0 Å². The zero-order valence-electron chi connectivity index (χ0n) is 9.95. The third-order valence-corrected chi connectivity index (χ3v) is 4.16. The molecule has 0 aromatic heterocycles. The van der Waals surface area contributed by atoms with E-state index in [4.69, 9.17) is 5.11 Å². The monoisotopic (exact) mass is 228 g/mol. The maximum atomic E-state index is 11.3. The molecule has 0 aromatic carbocycles. The van der Waals surface area contributed by atoms with Gasteiger partial charge in [0.05, 0.1) is 11.8 Å². The highest BCUT2D eigenvalue weighted by Crippen LogP contribution is 2.52. The van der Waals surface area contributed by atoms with Crippen molar-refractivity contribution in [3.05, 3.63) is 0 Å². The molecule has 0 bridgehead atoms. The van der Waals surface area contributed by atoms with Crippen LogP contribution in [0.5, 0.6) is 0 Å². The van der Waals surface area contributed by atoms with Crippen LogP contribution in [0.4, 0.5) is 0 Å². The predicted octanol–water partition coefficient (Wildman–Crippen LogP) is 2.52. The molecule has 0 spiro atoms. The van der Waals surface area contributed by atoms with Gasteiger partial charge in [-0.1, -0.05) is 19.3 Å². The van der Waals surface area contributed by atoms with Crippen molar-refractivity contribution in [3.63, 3.8) is 0 Å². The molecule has 0 aliphatic heterocycles. The first-order valence-electron chi connectivity index (χ1n) is 5.77. The molecule has 0 saturated heterocycles. The van der Waals surface area contributed by atoms with Crippen LogP contribution in [0, 0.1) is 10.8 Å². The minimum absolute atomic E-state index is 0.0354. The Balaban J connectivity index is 3.02. The van der Waals surface area contributed by atoms with Gasteiger partial charge in [-0.05, 0) is 32.1 Å². The third kappa shape index (κ3) is 2.20. The van der Waals surface area contributed by atoms with Gasteiger partial charge in [0.25, 0.3) is 0 Å². The Hall–Kier alpha value is -1.06. The lowest BCUT2D eigenvalue weighted by Crippen LogP contribution is -2.46. The molecule has 1 aliphatic carbocycles. The molecule has 1 saturated carbocycles. The van der Waals surface area contributed by atoms with Gasteiger partial charge in [0.15, 0.2) is 0 Å². The maximum Gasteiger partial charge on any atom is 0.309 e. The van der Waals surface area contributed by atoms with Gasteiger partial charge in [-0.2, -0.15) is 0 Å². The summed E-state index contributed by atoms with van der Waals surface area (Å²) in [5.74, 6) is -1.79. The van der Waals surface area contributed by atoms with Crippen LogP contribution in [0.2, 0.25) is 0 Å². The van der Waals surface area contributed by atoms with Gasteiger partial charge in [0.2, 0.25) is 0 Å². The fourth-order valence-corrected chi connectivity index (χ4v) is 2.77. The van der Waals surface area contributed by atoms with E-state index >= 15 is 0 Å². The van der Waals surface area contributed by atoms with Gasteiger partial charge in [-0.25, -0.2) is 0 Å². The van der Waals surface area contributed by atoms with E-state index in [0.717, 1.165) is 19.3 Å². The van der Waals surface area contributed by atoms with Gasteiger partial charge in [0, 0.05) is 0 Å². The van der Waals surface area contributed by atoms with Crippen molar-refractivity contribution in [1.29, 1.82) is 0 Å². The lowest BCUT2D eigenvalue weighted by atomic mass is 9.57. The zero-order chi connectivity index (χ0) is 12.4. The van der Waals surface area contributed by atoms with Gasteiger partial charge >= 0.3 is 11.9 Å². The molecule has 0 heterocycles. The summed E-state index contributed by atoms with van der Waals surface area (Å²) >= 11 is 0. The average molecular weight is 228 g/mol. The van der Waals surface area contributed by atoms with E-state index in [1.54, 1.807) is 13.8 Å². The van der Waals surface area contributed by atoms with E-state index in [9.17, 15) is 14.7 Å². The second-order valence-corrected chi connectivity index (χ2v) is 5.34. The molecule has 1 rings (SSSR count). The van der Waals surface area contributed by atoms with Crippen molar-refractivity contribution in [2.75, 3.05) is 0 Å². The molecule has 16 heavy (non-hydrogen) atoms. The Morgan fingerprint density at radius 1 is 1.12 bits per heavy atom. The van der Waals surface area contributed by atoms with Crippen molar-refractivity contribution >= 4 is 11.9 Å². The highest BCUT2D eigenvalue weighted by molar-refractivity contribution is 5.77. The SMILES string of the molecule is CC(C)(C(=O)O)C1(CC(=O)O)CCCCC1. The topological polar surface area (TPSA) is 74.6 Å². The lowest BCUT2D eigenvalue weighted by molar-refractivity contribution is -0.161. The summed E-state index contributed by atoms with van der Waals surface area (Å²) in [5, 5.41) is 18.3. The van der Waals surface area contributed by atoms with E-state index in [1.165, 1.54) is 0 Å². The standard InChI is InChI=1S/C12H20O4/c1-11(2,10(15)16)12(8-9(13)14)6-4-3-5-7-12/h3-8H2,1-2H3,(H,13,14)(H,15,16). The second kappa shape index (κ2) is 4.44. The summed E-state index contributed by atoms with van der Waals surface area (Å²) in [7, 11) is 0. The summed E-state index contributed by atoms with van der Waals surface area (Å²) in [5.41, 5.74) is -1.55. The number of hydrogen-bond donors (Lipinski definition) is 2. The van der Waals surface area contributed by atoms with Gasteiger partial charge in [-0.3, -0.25) is 9.59 Å². The molecule has 0 atom stereocenters. The lowest BCUT2D eigenvalue weighted by Gasteiger charge is -2.46. The first-order chi connectivity index (χ1) is 7.32. The first kappa shape index (κ1) is 13.0. The number of aliphatic carboxylic acids is 2. The number of carbonyl (C=O) groups is 2. The Morgan fingerprint density at radius 2 is 1.62 bits per heavy atom. The average Bonchev–Trinajstić information content (AvgIpc) is 2.17. The molecular formula is C12H20O4. The van der Waals surface area contributed by atoms with Crippen LogP contribution in [0.1, 0.15) is 52.4 Å². The normalized spacial score (nSPS) is 20.4. The number of rotatable bonds is 4. The van der Waals surface area contributed by atoms with Crippen molar-refractivity contribution in [1.82, 2.24) is 0 Å². The summed E-state index contributed by atoms with van der Waals surface area (Å²) in [4.78, 5) is 22.3. The number of carboxylic acids is 2. The Labute approximate surface area is 95.7 Å². The van der Waals surface area contributed by atoms with E-state index in [-0.39, 0.29) is 6.42 Å². The summed E-state index contributed by atoms with van der Waals surface area (Å²) in [6.07, 6.45) is 4.33. The van der Waals surface area contributed by atoms with E-state index in [0.29, 0.717) is 12.8 Å². The molecule has 0 radical (unpaired) electrons. The number of hydrogen-bond acceptors (Lipinski definition) is 2. The van der Waals surface area contributed by atoms with Gasteiger partial charge in [0.1, 0.15) is 0 Å². The van der Waals surface area contributed by atoms with Crippen LogP contribution in [0.15, 0.2) is 0 Å². The van der Waals surface area contributed by atoms with Crippen LogP contribution in [-0.4, -0.2) is 22.2 Å². The Morgan fingerprint density at radius 3 is 2.00 bits per heavy atom. The first-order valence-corrected chi connectivity index (χ1v) is 5.77. The molecule has 2 N–H and O–H groups in total. The van der Waals surface area contributed by atoms with Crippen molar-refractivity contribution in [2.24, 2.45) is 10.8 Å². The largest absolute Gasteiger partial charge is 0.481 e. The van der Waals surface area contributed by atoms with E-state index in [2.05, 4.69) is 0 Å². The van der Waals surface area contributed by atoms with Crippen LogP contribution in [-0.2, 0) is 9.59 Å². The fraction of sp³-hybridized carbons (Fsp3) is 0.833. The quantitative estimate of drug-likeness (QED) is 0.775. The molecule has 0 amide bonds. The minimum Gasteiger partial charge on any atom is -0.481 e. The zero-order valence-corrected chi connectivity index (χ0v) is 9.95. The summed E-state index contributed by atoms with van der Waals surface area (Å²) in [6.45, 7) is 3.31. The van der Waals surface area contributed by atoms with Crippen LogP contribution in [0.3, 0.4) is 0 Å². The molecule has 0 aromatic rings. The van der Waals surface area contributed by atoms with Gasteiger partial charge in [-0.15, -0.1) is 0 Å². The minimum atomic E-state index is -0.966. The van der Waals surface area contributed by atoms with Crippen molar-refractivity contribution in [2.45, 2.75) is 52.4 Å². The molecule has 1 aliphatic rings. The molecule has 1 fully saturated rings. The van der Waals surface area contributed by atoms with E-state index in [1.807, 2.05) is 0 Å². The Kier molecular flexibility index (Phi) is 3.61. The molecule has 0 unspecified atom stereocenters. The Bertz CT molecular complexity index is 287. The molecule has 92 valence electrons. The molecule has 4 heteroatoms. The van der Waals surface area contributed by atoms with Crippen LogP contribution >= 0.6 is 0 Å². The van der Waals surface area contributed by atoms with Crippen LogP contribution < -0.4 is 0 Å². The van der Waals surface area contributed by atoms with Crippen LogP contribution in [0.25, 0.3) is 0 Å². The van der Waals surface area contributed by atoms with Crippen molar-refractivity contribution < 1.29 is 19.8 Å². The predicted molar refractivity (Wildman–Crippen MR) is 59.2 cm³/mol. The number of carboxylic acid groups (broad SMARTS) is 2. The summed E-state index contributed by atoms with van der Waals surface area (Å²) in [6, 6.07) is 0. The molecular weight excluding hydrogens is 208 g/mol. The highest BCUT2D eigenvalue weighted by Gasteiger charge is 2.51. The smallest absolute Gasteiger partial charge is 0.309 e. The molecule has 4 nitrogen and oxygen atoms in total.